The van der Waals surface area contributed by atoms with Gasteiger partial charge in [0.2, 0.25) is 15.9 Å². The van der Waals surface area contributed by atoms with Crippen molar-refractivity contribution in [2.45, 2.75) is 18.6 Å². The van der Waals surface area contributed by atoms with Crippen LogP contribution in [-0.2, 0) is 19.6 Å². The minimum atomic E-state index is -3.29. The second-order valence-electron chi connectivity index (χ2n) is 6.53. The van der Waals surface area contributed by atoms with E-state index in [2.05, 4.69) is 4.72 Å². The van der Waals surface area contributed by atoms with Crippen molar-refractivity contribution < 1.29 is 17.9 Å². The minimum absolute atomic E-state index is 0.0722. The zero-order valence-electron chi connectivity index (χ0n) is 15.0. The molecule has 0 saturated carbocycles. The summed E-state index contributed by atoms with van der Waals surface area (Å²) in [6, 6.07) is 9.66. The van der Waals surface area contributed by atoms with E-state index >= 15 is 0 Å². The van der Waals surface area contributed by atoms with Crippen LogP contribution in [0, 0.1) is 0 Å². The third-order valence-electron chi connectivity index (χ3n) is 4.06. The first-order chi connectivity index (χ1) is 11.8. The first-order valence-electron chi connectivity index (χ1n) is 8.33. The molecular formula is C17H27N3O4S. The Kier molecular flexibility index (Phi) is 6.95. The van der Waals surface area contributed by atoms with Crippen LogP contribution in [0.2, 0.25) is 0 Å². The highest BCUT2D eigenvalue weighted by molar-refractivity contribution is 7.88. The summed E-state index contributed by atoms with van der Waals surface area (Å²) in [6.07, 6.45) is 1.09. The average Bonchev–Trinajstić information content (AvgIpc) is 2.53. The molecule has 1 aliphatic heterocycles. The van der Waals surface area contributed by atoms with Gasteiger partial charge in [-0.25, -0.2) is 13.1 Å². The predicted octanol–water partition coefficient (Wildman–Crippen LogP) is 0.456. The second-order valence-corrected chi connectivity index (χ2v) is 8.36. The van der Waals surface area contributed by atoms with Crippen LogP contribution in [0.1, 0.15) is 18.0 Å². The summed E-state index contributed by atoms with van der Waals surface area (Å²) in [5, 5.41) is 0. The summed E-state index contributed by atoms with van der Waals surface area (Å²) < 4.78 is 30.7. The Morgan fingerprint density at radius 2 is 2.00 bits per heavy atom. The Morgan fingerprint density at radius 1 is 1.32 bits per heavy atom. The molecule has 1 heterocycles. The van der Waals surface area contributed by atoms with E-state index in [1.165, 1.54) is 0 Å². The zero-order valence-corrected chi connectivity index (χ0v) is 15.8. The molecule has 1 aromatic rings. The summed E-state index contributed by atoms with van der Waals surface area (Å²) in [5.41, 5.74) is 1.03. The van der Waals surface area contributed by atoms with Crippen LogP contribution in [0.3, 0.4) is 0 Å². The Balaban J connectivity index is 2.16. The molecule has 1 aromatic carbocycles. The van der Waals surface area contributed by atoms with Crippen LogP contribution < -0.4 is 4.72 Å². The SMILES string of the molecule is CN(C)C[C@@H]1OCCN(C(=O)CCNS(C)(=O)=O)[C@H]1c1ccccc1. The Labute approximate surface area is 150 Å². The Hall–Kier alpha value is -1.48. The van der Waals surface area contributed by atoms with Crippen molar-refractivity contribution in [2.24, 2.45) is 0 Å². The van der Waals surface area contributed by atoms with Crippen LogP contribution in [0.4, 0.5) is 0 Å². The monoisotopic (exact) mass is 369 g/mol. The number of hydrogen-bond donors (Lipinski definition) is 1. The zero-order chi connectivity index (χ0) is 18.4. The Bertz CT molecular complexity index is 664. The van der Waals surface area contributed by atoms with Gasteiger partial charge >= 0.3 is 0 Å². The molecular weight excluding hydrogens is 342 g/mol. The van der Waals surface area contributed by atoms with Crippen LogP contribution in [0.25, 0.3) is 0 Å². The molecule has 2 rings (SSSR count). The number of benzene rings is 1. The van der Waals surface area contributed by atoms with E-state index in [0.29, 0.717) is 19.7 Å². The lowest BCUT2D eigenvalue weighted by molar-refractivity contribution is -0.147. The lowest BCUT2D eigenvalue weighted by Gasteiger charge is -2.42. The van der Waals surface area contributed by atoms with E-state index in [-0.39, 0.29) is 31.0 Å². The van der Waals surface area contributed by atoms with E-state index in [0.717, 1.165) is 11.8 Å². The standard InChI is InChI=1S/C17H27N3O4S/c1-19(2)13-15-17(14-7-5-4-6-8-14)20(11-12-24-15)16(21)9-10-18-25(3,22)23/h4-8,15,17-18H,9-13H2,1-3H3/t15-,17-/m0/s1. The van der Waals surface area contributed by atoms with E-state index in [1.54, 1.807) is 0 Å². The van der Waals surface area contributed by atoms with Gasteiger partial charge < -0.3 is 14.5 Å². The van der Waals surface area contributed by atoms with Crippen molar-refractivity contribution >= 4 is 15.9 Å². The van der Waals surface area contributed by atoms with E-state index in [1.807, 2.05) is 54.2 Å². The maximum atomic E-state index is 12.7. The number of nitrogens with zero attached hydrogens (tertiary/aromatic N) is 2. The van der Waals surface area contributed by atoms with Crippen molar-refractivity contribution in [3.05, 3.63) is 35.9 Å². The van der Waals surface area contributed by atoms with Crippen molar-refractivity contribution in [3.63, 3.8) is 0 Å². The van der Waals surface area contributed by atoms with E-state index < -0.39 is 10.0 Å². The van der Waals surface area contributed by atoms with Gasteiger partial charge in [-0.3, -0.25) is 4.79 Å². The normalized spacial score (nSPS) is 21.5. The number of nitrogens with one attached hydrogen (secondary N) is 1. The fourth-order valence-corrected chi connectivity index (χ4v) is 3.53. The predicted molar refractivity (Wildman–Crippen MR) is 96.7 cm³/mol. The topological polar surface area (TPSA) is 79.0 Å². The largest absolute Gasteiger partial charge is 0.373 e. The molecule has 0 radical (unpaired) electrons. The van der Waals surface area contributed by atoms with E-state index in [9.17, 15) is 13.2 Å². The highest BCUT2D eigenvalue weighted by Crippen LogP contribution is 2.30. The Morgan fingerprint density at radius 3 is 2.60 bits per heavy atom. The number of sulfonamides is 1. The summed E-state index contributed by atoms with van der Waals surface area (Å²) in [6.45, 7) is 1.79. The van der Waals surface area contributed by atoms with Crippen molar-refractivity contribution in [1.82, 2.24) is 14.5 Å². The van der Waals surface area contributed by atoms with Crippen molar-refractivity contribution in [2.75, 3.05) is 46.6 Å². The van der Waals surface area contributed by atoms with Crippen LogP contribution in [0.5, 0.6) is 0 Å². The molecule has 2 atom stereocenters. The van der Waals surface area contributed by atoms with Crippen molar-refractivity contribution in [3.8, 4) is 0 Å². The molecule has 1 aliphatic rings. The summed E-state index contributed by atoms with van der Waals surface area (Å²) in [7, 11) is 0.654. The molecule has 0 bridgehead atoms. The molecule has 0 aliphatic carbocycles. The molecule has 140 valence electrons. The fraction of sp³-hybridized carbons (Fsp3) is 0.588. The maximum absolute atomic E-state index is 12.7. The third kappa shape index (κ3) is 6.07. The average molecular weight is 369 g/mol. The molecule has 0 spiro atoms. The molecule has 1 fully saturated rings. The molecule has 1 amide bonds. The highest BCUT2D eigenvalue weighted by atomic mass is 32.2. The van der Waals surface area contributed by atoms with Crippen LogP contribution in [0.15, 0.2) is 30.3 Å². The molecule has 7 nitrogen and oxygen atoms in total. The summed E-state index contributed by atoms with van der Waals surface area (Å²) in [4.78, 5) is 16.6. The number of morpholine rings is 1. The first-order valence-corrected chi connectivity index (χ1v) is 10.2. The number of amides is 1. The van der Waals surface area contributed by atoms with Gasteiger partial charge in [0.25, 0.3) is 0 Å². The minimum Gasteiger partial charge on any atom is -0.373 e. The number of carbonyl (C=O) groups is 1. The maximum Gasteiger partial charge on any atom is 0.224 e. The first kappa shape index (κ1) is 19.8. The third-order valence-corrected chi connectivity index (χ3v) is 4.79. The van der Waals surface area contributed by atoms with Crippen LogP contribution in [-0.4, -0.2) is 76.8 Å². The van der Waals surface area contributed by atoms with Gasteiger partial charge in [0.05, 0.1) is 25.0 Å². The lowest BCUT2D eigenvalue weighted by Crippen LogP contribution is -2.51. The number of rotatable bonds is 7. The fourth-order valence-electron chi connectivity index (χ4n) is 3.06. The van der Waals surface area contributed by atoms with Gasteiger partial charge in [-0.2, -0.15) is 0 Å². The number of carbonyl (C=O) groups excluding carboxylic acids is 1. The molecule has 1 N–H and O–H groups in total. The number of likely N-dealkylation sites (N-methyl/N-ethyl adjacent to an activating group) is 1. The van der Waals surface area contributed by atoms with E-state index in [4.69, 9.17) is 4.74 Å². The van der Waals surface area contributed by atoms with Gasteiger partial charge in [-0.15, -0.1) is 0 Å². The summed E-state index contributed by atoms with van der Waals surface area (Å²) >= 11 is 0. The highest BCUT2D eigenvalue weighted by Gasteiger charge is 2.36. The van der Waals surface area contributed by atoms with Crippen LogP contribution >= 0.6 is 0 Å². The number of ether oxygens (including phenoxy) is 1. The number of hydrogen-bond acceptors (Lipinski definition) is 5. The molecule has 0 unspecified atom stereocenters. The van der Waals surface area contributed by atoms with Gasteiger partial charge in [0.1, 0.15) is 0 Å². The van der Waals surface area contributed by atoms with Gasteiger partial charge in [-0.05, 0) is 19.7 Å². The quantitative estimate of drug-likeness (QED) is 0.755. The molecule has 1 saturated heterocycles. The second kappa shape index (κ2) is 8.75. The molecule has 8 heteroatoms. The molecule has 25 heavy (non-hydrogen) atoms. The molecule has 0 aromatic heterocycles. The lowest BCUT2D eigenvalue weighted by atomic mass is 9.97. The van der Waals surface area contributed by atoms with Crippen molar-refractivity contribution in [1.29, 1.82) is 0 Å². The van der Waals surface area contributed by atoms with Gasteiger partial charge in [0.15, 0.2) is 0 Å². The van der Waals surface area contributed by atoms with Gasteiger partial charge in [0, 0.05) is 26.1 Å². The smallest absolute Gasteiger partial charge is 0.224 e. The summed E-state index contributed by atoms with van der Waals surface area (Å²) in [5.74, 6) is -0.0722. The van der Waals surface area contributed by atoms with Gasteiger partial charge in [-0.1, -0.05) is 30.3 Å².